The van der Waals surface area contributed by atoms with Crippen LogP contribution < -0.4 is 20.2 Å². The van der Waals surface area contributed by atoms with Crippen LogP contribution in [0, 0.1) is 13.8 Å². The SMILES string of the molecule is Cc1ccccc1OCCOc1ccc(C=NNC(=O)Cc2nnc(NC(=O)c3ccccc3C)s2)cc1. The summed E-state index contributed by atoms with van der Waals surface area (Å²) in [7, 11) is 0. The number of amides is 2. The highest BCUT2D eigenvalue weighted by Gasteiger charge is 2.13. The molecule has 194 valence electrons. The van der Waals surface area contributed by atoms with Crippen molar-refractivity contribution in [3.05, 3.63) is 100 Å². The number of ether oxygens (including phenoxy) is 2. The zero-order valence-electron chi connectivity index (χ0n) is 21.0. The first kappa shape index (κ1) is 26.5. The van der Waals surface area contributed by atoms with Crippen molar-refractivity contribution in [1.29, 1.82) is 0 Å². The molecule has 0 saturated heterocycles. The normalized spacial score (nSPS) is 10.8. The highest BCUT2D eigenvalue weighted by atomic mass is 32.1. The lowest BCUT2D eigenvalue weighted by Crippen LogP contribution is -2.19. The van der Waals surface area contributed by atoms with Crippen LogP contribution in [0.4, 0.5) is 5.13 Å². The van der Waals surface area contributed by atoms with Gasteiger partial charge in [-0.15, -0.1) is 10.2 Å². The van der Waals surface area contributed by atoms with Gasteiger partial charge in [0, 0.05) is 5.56 Å². The molecule has 2 amide bonds. The van der Waals surface area contributed by atoms with Crippen LogP contribution in [0.15, 0.2) is 77.9 Å². The van der Waals surface area contributed by atoms with Gasteiger partial charge < -0.3 is 9.47 Å². The van der Waals surface area contributed by atoms with Crippen LogP contribution in [0.1, 0.15) is 32.1 Å². The molecule has 4 rings (SSSR count). The number of benzene rings is 3. The summed E-state index contributed by atoms with van der Waals surface area (Å²) < 4.78 is 11.4. The van der Waals surface area contributed by atoms with Gasteiger partial charge in [-0.2, -0.15) is 5.10 Å². The summed E-state index contributed by atoms with van der Waals surface area (Å²) in [5.41, 5.74) is 5.77. The monoisotopic (exact) mass is 529 g/mol. The fourth-order valence-electron chi connectivity index (χ4n) is 3.40. The van der Waals surface area contributed by atoms with E-state index in [0.29, 0.717) is 34.7 Å². The summed E-state index contributed by atoms with van der Waals surface area (Å²) >= 11 is 1.14. The highest BCUT2D eigenvalue weighted by Crippen LogP contribution is 2.18. The summed E-state index contributed by atoms with van der Waals surface area (Å²) in [6.07, 6.45) is 1.53. The van der Waals surface area contributed by atoms with E-state index < -0.39 is 0 Å². The molecule has 0 aliphatic heterocycles. The first-order chi connectivity index (χ1) is 18.5. The second kappa shape index (κ2) is 13.1. The Labute approximate surface area is 224 Å². The number of anilines is 1. The first-order valence-corrected chi connectivity index (χ1v) is 12.7. The average molecular weight is 530 g/mol. The van der Waals surface area contributed by atoms with Crippen molar-refractivity contribution in [3.8, 4) is 11.5 Å². The van der Waals surface area contributed by atoms with Gasteiger partial charge in [-0.1, -0.05) is 47.7 Å². The standard InChI is InChI=1S/C28H27N5O4S/c1-19-7-3-5-9-23(19)27(35)30-28-33-32-26(38-28)17-25(34)31-29-18-21-11-13-22(14-12-21)36-15-16-37-24-10-6-4-8-20(24)2/h3-14,18H,15-17H2,1-2H3,(H,31,34)(H,30,33,35). The molecular formula is C28H27N5O4S. The molecule has 3 aromatic carbocycles. The number of aryl methyl sites for hydroxylation is 2. The largest absolute Gasteiger partial charge is 0.490 e. The van der Waals surface area contributed by atoms with Crippen LogP contribution in [-0.2, 0) is 11.2 Å². The van der Waals surface area contributed by atoms with Gasteiger partial charge in [-0.3, -0.25) is 14.9 Å². The number of hydrazone groups is 1. The number of carbonyl (C=O) groups is 2. The zero-order chi connectivity index (χ0) is 26.7. The van der Waals surface area contributed by atoms with Gasteiger partial charge in [0.1, 0.15) is 29.7 Å². The Balaban J connectivity index is 1.18. The molecule has 0 saturated carbocycles. The van der Waals surface area contributed by atoms with Crippen molar-refractivity contribution in [3.63, 3.8) is 0 Å². The van der Waals surface area contributed by atoms with Crippen LogP contribution in [-0.4, -0.2) is 41.4 Å². The Morgan fingerprint density at radius 3 is 2.37 bits per heavy atom. The molecule has 0 radical (unpaired) electrons. The van der Waals surface area contributed by atoms with E-state index in [2.05, 4.69) is 26.0 Å². The fraction of sp³-hybridized carbons (Fsp3) is 0.179. The van der Waals surface area contributed by atoms with E-state index in [1.165, 1.54) is 6.21 Å². The third-order valence-electron chi connectivity index (χ3n) is 5.37. The summed E-state index contributed by atoms with van der Waals surface area (Å²) in [5, 5.41) is 15.4. The van der Waals surface area contributed by atoms with Crippen LogP contribution in [0.3, 0.4) is 0 Å². The molecule has 0 unspecified atom stereocenters. The Bertz CT molecular complexity index is 1420. The number of hydrogen-bond donors (Lipinski definition) is 2. The minimum absolute atomic E-state index is 0.00734. The Morgan fingerprint density at radius 2 is 1.61 bits per heavy atom. The predicted molar refractivity (Wildman–Crippen MR) is 147 cm³/mol. The number of aromatic nitrogens is 2. The second-order valence-corrected chi connectivity index (χ2v) is 9.33. The minimum atomic E-state index is -0.345. The van der Waals surface area contributed by atoms with Crippen LogP contribution in [0.5, 0.6) is 11.5 Å². The summed E-state index contributed by atoms with van der Waals surface area (Å²) in [5.74, 6) is 0.942. The quantitative estimate of drug-likeness (QED) is 0.167. The van der Waals surface area contributed by atoms with E-state index in [9.17, 15) is 9.59 Å². The number of hydrogen-bond acceptors (Lipinski definition) is 8. The lowest BCUT2D eigenvalue weighted by molar-refractivity contribution is -0.120. The zero-order valence-corrected chi connectivity index (χ0v) is 21.8. The molecule has 0 fully saturated rings. The van der Waals surface area contributed by atoms with Crippen molar-refractivity contribution in [2.75, 3.05) is 18.5 Å². The maximum absolute atomic E-state index is 12.4. The third-order valence-corrected chi connectivity index (χ3v) is 6.21. The van der Waals surface area contributed by atoms with Gasteiger partial charge in [0.2, 0.25) is 11.0 Å². The Morgan fingerprint density at radius 1 is 0.895 bits per heavy atom. The first-order valence-electron chi connectivity index (χ1n) is 11.9. The van der Waals surface area contributed by atoms with Crippen molar-refractivity contribution in [2.24, 2.45) is 5.10 Å². The summed E-state index contributed by atoms with van der Waals surface area (Å²) in [6, 6.07) is 22.4. The molecule has 0 spiro atoms. The van der Waals surface area contributed by atoms with E-state index >= 15 is 0 Å². The molecule has 10 heteroatoms. The predicted octanol–water partition coefficient (Wildman–Crippen LogP) is 4.56. The third kappa shape index (κ3) is 7.71. The Hall–Kier alpha value is -4.57. The van der Waals surface area contributed by atoms with Crippen molar-refractivity contribution < 1.29 is 19.1 Å². The van der Waals surface area contributed by atoms with Gasteiger partial charge in [-0.25, -0.2) is 5.43 Å². The maximum atomic E-state index is 12.4. The van der Waals surface area contributed by atoms with Crippen LogP contribution in [0.25, 0.3) is 0 Å². The molecule has 0 aliphatic rings. The van der Waals surface area contributed by atoms with E-state index in [1.54, 1.807) is 12.1 Å². The van der Waals surface area contributed by atoms with Crippen LogP contribution in [0.2, 0.25) is 0 Å². The molecular weight excluding hydrogens is 502 g/mol. The smallest absolute Gasteiger partial charge is 0.257 e. The summed E-state index contributed by atoms with van der Waals surface area (Å²) in [6.45, 7) is 4.72. The lowest BCUT2D eigenvalue weighted by atomic mass is 10.1. The van der Waals surface area contributed by atoms with Crippen molar-refractivity contribution in [1.82, 2.24) is 15.6 Å². The van der Waals surface area contributed by atoms with E-state index in [1.807, 2.05) is 74.5 Å². The number of nitrogens with one attached hydrogen (secondary N) is 2. The molecule has 0 bridgehead atoms. The molecule has 0 aliphatic carbocycles. The molecule has 38 heavy (non-hydrogen) atoms. The number of rotatable bonds is 11. The topological polar surface area (TPSA) is 115 Å². The minimum Gasteiger partial charge on any atom is -0.490 e. The second-order valence-electron chi connectivity index (χ2n) is 8.27. The van der Waals surface area contributed by atoms with E-state index in [-0.39, 0.29) is 18.2 Å². The fourth-order valence-corrected chi connectivity index (χ4v) is 4.14. The molecule has 1 aromatic heterocycles. The van der Waals surface area contributed by atoms with Gasteiger partial charge in [-0.05, 0) is 66.9 Å². The summed E-state index contributed by atoms with van der Waals surface area (Å²) in [4.78, 5) is 24.6. The number of para-hydroxylation sites is 1. The Kier molecular flexibility index (Phi) is 9.14. The van der Waals surface area contributed by atoms with Gasteiger partial charge in [0.15, 0.2) is 0 Å². The molecule has 2 N–H and O–H groups in total. The van der Waals surface area contributed by atoms with E-state index in [4.69, 9.17) is 9.47 Å². The lowest BCUT2D eigenvalue weighted by Gasteiger charge is -2.10. The molecule has 0 atom stereocenters. The molecule has 1 heterocycles. The van der Waals surface area contributed by atoms with Gasteiger partial charge in [0.25, 0.3) is 5.91 Å². The van der Waals surface area contributed by atoms with Gasteiger partial charge in [0.05, 0.1) is 12.6 Å². The van der Waals surface area contributed by atoms with Crippen molar-refractivity contribution >= 4 is 34.5 Å². The molecule has 9 nitrogen and oxygen atoms in total. The highest BCUT2D eigenvalue weighted by molar-refractivity contribution is 7.15. The van der Waals surface area contributed by atoms with E-state index in [0.717, 1.165) is 33.8 Å². The average Bonchev–Trinajstić information content (AvgIpc) is 3.35. The maximum Gasteiger partial charge on any atom is 0.257 e. The van der Waals surface area contributed by atoms with Crippen LogP contribution >= 0.6 is 11.3 Å². The number of nitrogens with zero attached hydrogens (tertiary/aromatic N) is 3. The van der Waals surface area contributed by atoms with Gasteiger partial charge >= 0.3 is 0 Å². The number of carbonyl (C=O) groups excluding carboxylic acids is 2. The molecule has 4 aromatic rings. The van der Waals surface area contributed by atoms with Crippen molar-refractivity contribution in [2.45, 2.75) is 20.3 Å².